The lowest BCUT2D eigenvalue weighted by Crippen LogP contribution is -2.36. The molecule has 3 heterocycles. The van der Waals surface area contributed by atoms with E-state index in [0.29, 0.717) is 0 Å². The second-order valence-electron chi connectivity index (χ2n) is 4.68. The molecule has 4 atom stereocenters. The van der Waals surface area contributed by atoms with Crippen molar-refractivity contribution in [2.75, 3.05) is 12.3 Å². The fraction of sp³-hybridized carbons (Fsp3) is 0.500. The number of H-pyrrole nitrogens is 1. The molecule has 114 valence electrons. The zero-order chi connectivity index (χ0) is 15.1. The van der Waals surface area contributed by atoms with Crippen molar-refractivity contribution in [2.45, 2.75) is 24.5 Å². The van der Waals surface area contributed by atoms with Crippen molar-refractivity contribution in [1.82, 2.24) is 25.0 Å². The van der Waals surface area contributed by atoms with Crippen LogP contribution in [0.1, 0.15) is 6.23 Å². The maximum absolute atomic E-state index is 11.7. The van der Waals surface area contributed by atoms with Gasteiger partial charge in [0.2, 0.25) is 5.95 Å². The number of nitrogens with one attached hydrogen (secondary N) is 2. The Bertz CT molecular complexity index is 714. The van der Waals surface area contributed by atoms with Crippen LogP contribution in [0.15, 0.2) is 11.1 Å². The van der Waals surface area contributed by atoms with E-state index in [9.17, 15) is 15.0 Å². The Balaban J connectivity index is 2.03. The number of nitrogens with zero attached hydrogens (tertiary/aromatic N) is 3. The number of fused-ring (bicyclic) bond motifs is 1. The Morgan fingerprint density at radius 2 is 2.24 bits per heavy atom. The van der Waals surface area contributed by atoms with Crippen LogP contribution >= 0.6 is 0 Å². The van der Waals surface area contributed by atoms with E-state index in [0.717, 1.165) is 0 Å². The van der Waals surface area contributed by atoms with Gasteiger partial charge in [-0.25, -0.2) is 10.5 Å². The molecule has 0 amide bonds. The molecule has 0 aromatic carbocycles. The van der Waals surface area contributed by atoms with Crippen LogP contribution in [0.5, 0.6) is 0 Å². The SMILES string of the molecule is Nc1nc2c(ncn2[C@@H]2O[C@H](CNO)[C@@H](O)[C@H]2O)c(=O)[nH]1. The second kappa shape index (κ2) is 5.05. The highest BCUT2D eigenvalue weighted by Gasteiger charge is 2.44. The number of aromatic nitrogens is 4. The van der Waals surface area contributed by atoms with Crippen LogP contribution in [0.4, 0.5) is 5.95 Å². The third kappa shape index (κ3) is 2.16. The number of nitrogens with two attached hydrogens (primary N) is 1. The summed E-state index contributed by atoms with van der Waals surface area (Å²) in [5, 5.41) is 28.6. The van der Waals surface area contributed by atoms with Crippen molar-refractivity contribution >= 4 is 17.1 Å². The minimum atomic E-state index is -1.27. The molecule has 11 nitrogen and oxygen atoms in total. The molecule has 0 radical (unpaired) electrons. The second-order valence-corrected chi connectivity index (χ2v) is 4.68. The quantitative estimate of drug-likeness (QED) is 0.330. The molecule has 0 aliphatic carbocycles. The van der Waals surface area contributed by atoms with Crippen LogP contribution in [0, 0.1) is 0 Å². The van der Waals surface area contributed by atoms with Crippen LogP contribution < -0.4 is 16.8 Å². The van der Waals surface area contributed by atoms with E-state index in [4.69, 9.17) is 15.7 Å². The van der Waals surface area contributed by atoms with Gasteiger partial charge in [0, 0.05) is 6.54 Å². The van der Waals surface area contributed by atoms with E-state index in [2.05, 4.69) is 15.0 Å². The highest BCUT2D eigenvalue weighted by Crippen LogP contribution is 2.30. The summed E-state index contributed by atoms with van der Waals surface area (Å²) in [4.78, 5) is 21.9. The Kier molecular flexibility index (Phi) is 3.35. The fourth-order valence-electron chi connectivity index (χ4n) is 2.35. The molecule has 21 heavy (non-hydrogen) atoms. The topological polar surface area (TPSA) is 172 Å². The predicted octanol–water partition coefficient (Wildman–Crippen LogP) is -2.70. The predicted molar refractivity (Wildman–Crippen MR) is 68.3 cm³/mol. The van der Waals surface area contributed by atoms with Gasteiger partial charge < -0.3 is 25.9 Å². The van der Waals surface area contributed by atoms with Crippen molar-refractivity contribution in [3.05, 3.63) is 16.7 Å². The Hall–Kier alpha value is -2.05. The van der Waals surface area contributed by atoms with Gasteiger partial charge in [-0.15, -0.1) is 0 Å². The van der Waals surface area contributed by atoms with E-state index < -0.39 is 30.1 Å². The molecule has 0 bridgehead atoms. The summed E-state index contributed by atoms with van der Waals surface area (Å²) in [6.07, 6.45) is -3.06. The van der Waals surface area contributed by atoms with E-state index in [1.807, 2.05) is 5.48 Å². The zero-order valence-corrected chi connectivity index (χ0v) is 10.7. The average molecular weight is 298 g/mol. The largest absolute Gasteiger partial charge is 0.387 e. The lowest BCUT2D eigenvalue weighted by atomic mass is 10.1. The van der Waals surface area contributed by atoms with Crippen molar-refractivity contribution in [1.29, 1.82) is 0 Å². The number of anilines is 1. The summed E-state index contributed by atoms with van der Waals surface area (Å²) < 4.78 is 6.78. The monoisotopic (exact) mass is 298 g/mol. The molecule has 1 aliphatic rings. The molecule has 0 saturated carbocycles. The van der Waals surface area contributed by atoms with E-state index in [1.165, 1.54) is 10.9 Å². The fourth-order valence-corrected chi connectivity index (χ4v) is 2.35. The number of aromatic amines is 1. The third-order valence-corrected chi connectivity index (χ3v) is 3.35. The molecule has 2 aromatic rings. The first-order chi connectivity index (χ1) is 10.0. The van der Waals surface area contributed by atoms with Gasteiger partial charge in [-0.05, 0) is 0 Å². The van der Waals surface area contributed by atoms with Crippen LogP contribution in [-0.4, -0.2) is 59.8 Å². The van der Waals surface area contributed by atoms with Crippen LogP contribution in [0.2, 0.25) is 0 Å². The van der Waals surface area contributed by atoms with Gasteiger partial charge in [0.05, 0.1) is 6.33 Å². The third-order valence-electron chi connectivity index (χ3n) is 3.35. The van der Waals surface area contributed by atoms with Gasteiger partial charge >= 0.3 is 0 Å². The first-order valence-corrected chi connectivity index (χ1v) is 6.14. The van der Waals surface area contributed by atoms with Crippen LogP contribution in [-0.2, 0) is 4.74 Å². The molecule has 1 fully saturated rings. The molecule has 0 spiro atoms. The van der Waals surface area contributed by atoms with Gasteiger partial charge in [-0.3, -0.25) is 14.3 Å². The average Bonchev–Trinajstić information content (AvgIpc) is 2.96. The Morgan fingerprint density at radius 3 is 2.95 bits per heavy atom. The minimum Gasteiger partial charge on any atom is -0.387 e. The number of hydrogen-bond donors (Lipinski definition) is 6. The van der Waals surface area contributed by atoms with Crippen molar-refractivity contribution in [3.8, 4) is 0 Å². The molecule has 11 heteroatoms. The number of nitrogen functional groups attached to an aromatic ring is 1. The summed E-state index contributed by atoms with van der Waals surface area (Å²) >= 11 is 0. The molecule has 1 saturated heterocycles. The van der Waals surface area contributed by atoms with Crippen LogP contribution in [0.25, 0.3) is 11.2 Å². The van der Waals surface area contributed by atoms with E-state index >= 15 is 0 Å². The number of hydroxylamine groups is 1. The number of aliphatic hydroxyl groups excluding tert-OH is 2. The highest BCUT2D eigenvalue weighted by atomic mass is 16.6. The number of hydrogen-bond acceptors (Lipinski definition) is 9. The Labute approximate surface area is 117 Å². The number of ether oxygens (including phenoxy) is 1. The molecule has 3 rings (SSSR count). The summed E-state index contributed by atoms with van der Waals surface area (Å²) in [5.74, 6) is -0.101. The smallest absolute Gasteiger partial charge is 0.280 e. The lowest BCUT2D eigenvalue weighted by Gasteiger charge is -2.16. The highest BCUT2D eigenvalue weighted by molar-refractivity contribution is 5.70. The normalized spacial score (nSPS) is 29.3. The molecular formula is C10H14N6O5. The number of aliphatic hydroxyl groups is 2. The summed E-state index contributed by atoms with van der Waals surface area (Å²) in [5.41, 5.74) is 7.01. The molecule has 7 N–H and O–H groups in total. The summed E-state index contributed by atoms with van der Waals surface area (Å²) in [6.45, 7) is -0.0719. The maximum atomic E-state index is 11.7. The van der Waals surface area contributed by atoms with Crippen molar-refractivity contribution < 1.29 is 20.2 Å². The van der Waals surface area contributed by atoms with Gasteiger partial charge in [0.25, 0.3) is 5.56 Å². The van der Waals surface area contributed by atoms with Crippen molar-refractivity contribution in [3.63, 3.8) is 0 Å². The van der Waals surface area contributed by atoms with Gasteiger partial charge in [-0.1, -0.05) is 0 Å². The van der Waals surface area contributed by atoms with Gasteiger partial charge in [0.1, 0.15) is 18.3 Å². The number of rotatable bonds is 3. The van der Waals surface area contributed by atoms with Gasteiger partial charge in [0.15, 0.2) is 17.4 Å². The van der Waals surface area contributed by atoms with Gasteiger partial charge in [-0.2, -0.15) is 4.98 Å². The summed E-state index contributed by atoms with van der Waals surface area (Å²) in [6, 6.07) is 0. The zero-order valence-electron chi connectivity index (χ0n) is 10.7. The molecule has 1 aliphatic heterocycles. The standard InChI is InChI=1S/C10H14N6O5/c11-10-14-7-4(8(19)15-10)12-2-16(7)9-6(18)5(17)3(21-9)1-13-20/h2-3,5-6,9,13,17-18,20H,1H2,(H3,11,14,15,19)/t3-,5-,6-,9-/m1/s1. The van der Waals surface area contributed by atoms with Crippen LogP contribution in [0.3, 0.4) is 0 Å². The molecule has 0 unspecified atom stereocenters. The first-order valence-electron chi connectivity index (χ1n) is 6.14. The summed E-state index contributed by atoms with van der Waals surface area (Å²) in [7, 11) is 0. The minimum absolute atomic E-state index is 0.0400. The van der Waals surface area contributed by atoms with Crippen molar-refractivity contribution in [2.24, 2.45) is 0 Å². The van der Waals surface area contributed by atoms with E-state index in [1.54, 1.807) is 0 Å². The molecular weight excluding hydrogens is 284 g/mol. The van der Waals surface area contributed by atoms with E-state index in [-0.39, 0.29) is 23.7 Å². The molecule has 2 aromatic heterocycles. The number of imidazole rings is 1. The lowest BCUT2D eigenvalue weighted by molar-refractivity contribution is -0.0429. The maximum Gasteiger partial charge on any atom is 0.280 e. The first kappa shape index (κ1) is 13.9. The Morgan fingerprint density at radius 1 is 1.48 bits per heavy atom.